The van der Waals surface area contributed by atoms with E-state index in [1.54, 1.807) is 4.90 Å². The highest BCUT2D eigenvalue weighted by molar-refractivity contribution is 5.92. The van der Waals surface area contributed by atoms with E-state index in [1.165, 1.54) is 7.11 Å². The first-order valence-electron chi connectivity index (χ1n) is 6.93. The van der Waals surface area contributed by atoms with Crippen molar-refractivity contribution in [3.05, 3.63) is 12.2 Å². The van der Waals surface area contributed by atoms with Crippen LogP contribution < -0.4 is 5.32 Å². The number of carbonyl (C=O) groups excluding carboxylic acids is 3. The summed E-state index contributed by atoms with van der Waals surface area (Å²) in [5.41, 5.74) is 0. The van der Waals surface area contributed by atoms with Crippen LogP contribution >= 0.6 is 0 Å². The number of carbonyl (C=O) groups is 3. The lowest BCUT2D eigenvalue weighted by molar-refractivity contribution is -0.152. The predicted octanol–water partition coefficient (Wildman–Crippen LogP) is 0.233. The first-order valence-corrected chi connectivity index (χ1v) is 6.93. The fraction of sp³-hybridized carbons (Fsp3) is 0.643. The predicted molar refractivity (Wildman–Crippen MR) is 71.6 cm³/mol. The van der Waals surface area contributed by atoms with E-state index < -0.39 is 12.0 Å². The van der Waals surface area contributed by atoms with E-state index in [4.69, 9.17) is 0 Å². The van der Waals surface area contributed by atoms with Gasteiger partial charge in [0.25, 0.3) is 0 Å². The Kier molecular flexibility index (Phi) is 4.76. The molecule has 6 heteroatoms. The fourth-order valence-corrected chi connectivity index (χ4v) is 2.68. The Balaban J connectivity index is 2.09. The second-order valence-electron chi connectivity index (χ2n) is 5.10. The second kappa shape index (κ2) is 6.54. The average Bonchev–Trinajstić information content (AvgIpc) is 2.49. The van der Waals surface area contributed by atoms with Crippen LogP contribution in [0.15, 0.2) is 12.2 Å². The topological polar surface area (TPSA) is 75.7 Å². The number of nitrogens with one attached hydrogen (secondary N) is 1. The molecule has 1 fully saturated rings. The smallest absolute Gasteiger partial charge is 0.308 e. The summed E-state index contributed by atoms with van der Waals surface area (Å²) in [5.74, 6) is -0.862. The van der Waals surface area contributed by atoms with E-state index in [0.29, 0.717) is 19.5 Å². The third kappa shape index (κ3) is 3.18. The molecule has 1 N–H and O–H groups in total. The van der Waals surface area contributed by atoms with Gasteiger partial charge in [-0.15, -0.1) is 0 Å². The fourth-order valence-electron chi connectivity index (χ4n) is 2.68. The molecule has 1 aliphatic carbocycles. The summed E-state index contributed by atoms with van der Waals surface area (Å²) in [7, 11) is 1.28. The highest BCUT2D eigenvalue weighted by Gasteiger charge is 2.37. The van der Waals surface area contributed by atoms with Crippen molar-refractivity contribution in [2.45, 2.75) is 31.7 Å². The number of hydrogen-bond acceptors (Lipinski definition) is 4. The molecule has 6 nitrogen and oxygen atoms in total. The zero-order valence-electron chi connectivity index (χ0n) is 11.6. The van der Waals surface area contributed by atoms with Crippen molar-refractivity contribution in [2.24, 2.45) is 5.92 Å². The summed E-state index contributed by atoms with van der Waals surface area (Å²) >= 11 is 0. The van der Waals surface area contributed by atoms with E-state index in [1.807, 2.05) is 6.08 Å². The molecule has 1 aliphatic heterocycles. The molecule has 0 bridgehead atoms. The van der Waals surface area contributed by atoms with Crippen LogP contribution in [0.25, 0.3) is 0 Å². The zero-order chi connectivity index (χ0) is 14.5. The molecule has 0 radical (unpaired) electrons. The number of nitrogens with zero attached hydrogens (tertiary/aromatic N) is 1. The van der Waals surface area contributed by atoms with Crippen LogP contribution in [0.5, 0.6) is 0 Å². The molecule has 1 heterocycles. The minimum atomic E-state index is -0.741. The maximum atomic E-state index is 12.5. The van der Waals surface area contributed by atoms with Gasteiger partial charge >= 0.3 is 5.97 Å². The third-order valence-electron chi connectivity index (χ3n) is 3.82. The van der Waals surface area contributed by atoms with Crippen LogP contribution in [0.2, 0.25) is 0 Å². The van der Waals surface area contributed by atoms with Gasteiger partial charge in [0.2, 0.25) is 11.8 Å². The summed E-state index contributed by atoms with van der Waals surface area (Å²) in [5, 5.41) is 2.69. The van der Waals surface area contributed by atoms with Gasteiger partial charge in [0.05, 0.1) is 13.5 Å². The Morgan fingerprint density at radius 2 is 2.25 bits per heavy atom. The molecule has 0 aromatic carbocycles. The lowest BCUT2D eigenvalue weighted by atomic mass is 9.92. The van der Waals surface area contributed by atoms with Crippen LogP contribution in [0.1, 0.15) is 25.7 Å². The Morgan fingerprint density at radius 1 is 1.45 bits per heavy atom. The normalized spacial score (nSPS) is 26.1. The van der Waals surface area contributed by atoms with Crippen LogP contribution in [0, 0.1) is 5.92 Å². The minimum Gasteiger partial charge on any atom is -0.469 e. The maximum absolute atomic E-state index is 12.5. The Hall–Kier alpha value is -1.85. The number of esters is 1. The molecule has 0 spiro atoms. The molecule has 2 rings (SSSR count). The van der Waals surface area contributed by atoms with Crippen molar-refractivity contribution < 1.29 is 19.1 Å². The molecule has 0 unspecified atom stereocenters. The number of methoxy groups -OCH3 is 1. The van der Waals surface area contributed by atoms with Crippen LogP contribution in [-0.4, -0.2) is 48.9 Å². The number of hydrogen-bond donors (Lipinski definition) is 1. The second-order valence-corrected chi connectivity index (χ2v) is 5.10. The van der Waals surface area contributed by atoms with Gasteiger partial charge in [-0.2, -0.15) is 0 Å². The Bertz CT molecular complexity index is 433. The van der Waals surface area contributed by atoms with Crippen molar-refractivity contribution in [3.63, 3.8) is 0 Å². The quantitative estimate of drug-likeness (QED) is 0.593. The van der Waals surface area contributed by atoms with Gasteiger partial charge in [-0.05, 0) is 19.3 Å². The summed E-state index contributed by atoms with van der Waals surface area (Å²) in [6.45, 7) is 0.886. The van der Waals surface area contributed by atoms with Crippen LogP contribution in [0.4, 0.5) is 0 Å². The van der Waals surface area contributed by atoms with Crippen molar-refractivity contribution in [3.8, 4) is 0 Å². The molecular weight excluding hydrogens is 260 g/mol. The minimum absolute atomic E-state index is 0.0295. The van der Waals surface area contributed by atoms with Crippen molar-refractivity contribution >= 4 is 17.8 Å². The molecule has 1 saturated heterocycles. The van der Waals surface area contributed by atoms with Crippen LogP contribution in [0.3, 0.4) is 0 Å². The van der Waals surface area contributed by atoms with Crippen molar-refractivity contribution in [2.75, 3.05) is 20.2 Å². The zero-order valence-corrected chi connectivity index (χ0v) is 11.6. The number of ether oxygens (including phenoxy) is 1. The van der Waals surface area contributed by atoms with E-state index in [0.717, 1.165) is 12.8 Å². The molecule has 0 aromatic heterocycles. The van der Waals surface area contributed by atoms with Gasteiger partial charge in [-0.3, -0.25) is 14.4 Å². The number of amides is 2. The SMILES string of the molecule is COC(=O)C[C@H]1C(=O)NCCN1C(=O)[C@H]1CC=CCC1. The Morgan fingerprint density at radius 3 is 2.90 bits per heavy atom. The highest BCUT2D eigenvalue weighted by Crippen LogP contribution is 2.23. The van der Waals surface area contributed by atoms with E-state index in [2.05, 4.69) is 16.1 Å². The van der Waals surface area contributed by atoms with Crippen molar-refractivity contribution in [1.82, 2.24) is 10.2 Å². The maximum Gasteiger partial charge on any atom is 0.308 e. The summed E-state index contributed by atoms with van der Waals surface area (Å²) in [4.78, 5) is 37.4. The highest BCUT2D eigenvalue weighted by atomic mass is 16.5. The van der Waals surface area contributed by atoms with Crippen molar-refractivity contribution in [1.29, 1.82) is 0 Å². The molecule has 0 saturated carbocycles. The van der Waals surface area contributed by atoms with Gasteiger partial charge in [0.1, 0.15) is 6.04 Å². The van der Waals surface area contributed by atoms with Gasteiger partial charge in [0.15, 0.2) is 0 Å². The largest absolute Gasteiger partial charge is 0.469 e. The summed E-state index contributed by atoms with van der Waals surface area (Å²) < 4.78 is 4.61. The third-order valence-corrected chi connectivity index (χ3v) is 3.82. The summed E-state index contributed by atoms with van der Waals surface area (Å²) in [6, 6.07) is -0.741. The number of rotatable bonds is 3. The molecule has 110 valence electrons. The number of allylic oxidation sites excluding steroid dienone is 2. The first-order chi connectivity index (χ1) is 9.63. The van der Waals surface area contributed by atoms with Gasteiger partial charge in [-0.25, -0.2) is 0 Å². The summed E-state index contributed by atoms with van der Waals surface area (Å²) in [6.07, 6.45) is 6.39. The molecule has 2 amide bonds. The van der Waals surface area contributed by atoms with E-state index in [-0.39, 0.29) is 24.2 Å². The van der Waals surface area contributed by atoms with Crippen LogP contribution in [-0.2, 0) is 19.1 Å². The Labute approximate surface area is 118 Å². The molecule has 20 heavy (non-hydrogen) atoms. The molecule has 0 aromatic rings. The van der Waals surface area contributed by atoms with E-state index in [9.17, 15) is 14.4 Å². The average molecular weight is 280 g/mol. The monoisotopic (exact) mass is 280 g/mol. The van der Waals surface area contributed by atoms with Gasteiger partial charge in [0, 0.05) is 19.0 Å². The van der Waals surface area contributed by atoms with Gasteiger partial charge < -0.3 is 15.0 Å². The lowest BCUT2D eigenvalue weighted by Gasteiger charge is -2.37. The molecule has 2 atom stereocenters. The van der Waals surface area contributed by atoms with E-state index >= 15 is 0 Å². The molecule has 2 aliphatic rings. The van der Waals surface area contributed by atoms with Gasteiger partial charge in [-0.1, -0.05) is 12.2 Å². The lowest BCUT2D eigenvalue weighted by Crippen LogP contribution is -2.59. The first kappa shape index (κ1) is 14.6. The standard InChI is InChI=1S/C14H20N2O4/c1-20-12(17)9-11-13(18)15-7-8-16(11)14(19)10-5-3-2-4-6-10/h2-3,10-11H,4-9H2,1H3,(H,15,18)/t10-,11-/m0/s1. The number of piperazine rings is 1. The molecular formula is C14H20N2O4.